The molecule has 1 aromatic heterocycles. The molecule has 1 atom stereocenters. The minimum absolute atomic E-state index is 0.160. The standard InChI is InChI=1S/C24H25N5O3/c1-32-21-10-6-16(7-11-21)19-14-26-24(27-15-19)28-20-8-4-17(5-9-20)22(30)29-23(31)18-3-2-12-25-13-18/h4-11,14-15,18,25H,2-3,12-13H2,1H3,(H,26,27,28)(H,29,30,31). The summed E-state index contributed by atoms with van der Waals surface area (Å²) in [6, 6.07) is 14.5. The molecule has 1 fully saturated rings. The van der Waals surface area contributed by atoms with Crippen LogP contribution in [0.2, 0.25) is 0 Å². The van der Waals surface area contributed by atoms with Crippen LogP contribution < -0.4 is 20.7 Å². The number of amides is 2. The van der Waals surface area contributed by atoms with Crippen LogP contribution in [0.4, 0.5) is 11.6 Å². The van der Waals surface area contributed by atoms with E-state index in [4.69, 9.17) is 4.74 Å². The second-order valence-corrected chi connectivity index (χ2v) is 7.59. The topological polar surface area (TPSA) is 105 Å². The van der Waals surface area contributed by atoms with Crippen molar-refractivity contribution in [3.63, 3.8) is 0 Å². The van der Waals surface area contributed by atoms with Crippen LogP contribution in [0.15, 0.2) is 60.9 Å². The van der Waals surface area contributed by atoms with Crippen LogP contribution in [0.1, 0.15) is 23.2 Å². The van der Waals surface area contributed by atoms with Crippen molar-refractivity contribution in [2.75, 3.05) is 25.5 Å². The molecule has 32 heavy (non-hydrogen) atoms. The lowest BCUT2D eigenvalue weighted by molar-refractivity contribution is -0.124. The van der Waals surface area contributed by atoms with E-state index >= 15 is 0 Å². The highest BCUT2D eigenvalue weighted by atomic mass is 16.5. The van der Waals surface area contributed by atoms with Gasteiger partial charge in [-0.1, -0.05) is 12.1 Å². The Morgan fingerprint density at radius 2 is 1.72 bits per heavy atom. The van der Waals surface area contributed by atoms with Crippen LogP contribution >= 0.6 is 0 Å². The summed E-state index contributed by atoms with van der Waals surface area (Å²) in [7, 11) is 1.63. The smallest absolute Gasteiger partial charge is 0.257 e. The molecule has 1 aliphatic rings. The third-order valence-corrected chi connectivity index (χ3v) is 5.38. The van der Waals surface area contributed by atoms with E-state index in [1.165, 1.54) is 0 Å². The van der Waals surface area contributed by atoms with E-state index in [1.807, 2.05) is 24.3 Å². The molecule has 3 N–H and O–H groups in total. The number of hydrogen-bond acceptors (Lipinski definition) is 7. The molecule has 0 radical (unpaired) electrons. The third kappa shape index (κ3) is 5.28. The molecule has 0 spiro atoms. The summed E-state index contributed by atoms with van der Waals surface area (Å²) in [6.07, 6.45) is 5.22. The Morgan fingerprint density at radius 1 is 1.00 bits per heavy atom. The number of aromatic nitrogens is 2. The summed E-state index contributed by atoms with van der Waals surface area (Å²) in [5, 5.41) is 8.78. The number of carbonyl (C=O) groups is 2. The van der Waals surface area contributed by atoms with Gasteiger partial charge in [0, 0.05) is 35.8 Å². The monoisotopic (exact) mass is 431 g/mol. The summed E-state index contributed by atoms with van der Waals surface area (Å²) in [6.45, 7) is 1.53. The second-order valence-electron chi connectivity index (χ2n) is 7.59. The van der Waals surface area contributed by atoms with Crippen LogP contribution in [0.25, 0.3) is 11.1 Å². The van der Waals surface area contributed by atoms with Gasteiger partial charge in [0.1, 0.15) is 5.75 Å². The van der Waals surface area contributed by atoms with E-state index in [1.54, 1.807) is 43.8 Å². The molecule has 2 heterocycles. The van der Waals surface area contributed by atoms with Gasteiger partial charge < -0.3 is 15.4 Å². The Labute approximate surface area is 186 Å². The molecule has 8 nitrogen and oxygen atoms in total. The number of rotatable bonds is 6. The van der Waals surface area contributed by atoms with Crippen LogP contribution in [-0.2, 0) is 4.79 Å². The minimum atomic E-state index is -0.396. The Morgan fingerprint density at radius 3 is 2.34 bits per heavy atom. The molecule has 0 aliphatic carbocycles. The molecular formula is C24H25N5O3. The zero-order valence-electron chi connectivity index (χ0n) is 17.8. The van der Waals surface area contributed by atoms with Crippen molar-refractivity contribution >= 4 is 23.5 Å². The molecular weight excluding hydrogens is 406 g/mol. The summed E-state index contributed by atoms with van der Waals surface area (Å²) < 4.78 is 5.17. The van der Waals surface area contributed by atoms with E-state index in [-0.39, 0.29) is 11.8 Å². The van der Waals surface area contributed by atoms with Gasteiger partial charge in [0.25, 0.3) is 5.91 Å². The van der Waals surface area contributed by atoms with Gasteiger partial charge in [0.05, 0.1) is 13.0 Å². The molecule has 1 unspecified atom stereocenters. The van der Waals surface area contributed by atoms with Gasteiger partial charge in [-0.2, -0.15) is 0 Å². The normalized spacial score (nSPS) is 15.6. The number of nitrogens with zero attached hydrogens (tertiary/aromatic N) is 2. The van der Waals surface area contributed by atoms with Crippen LogP contribution in [-0.4, -0.2) is 42.0 Å². The predicted octanol–water partition coefficient (Wildman–Crippen LogP) is 3.15. The first-order valence-electron chi connectivity index (χ1n) is 10.5. The first kappa shape index (κ1) is 21.5. The average molecular weight is 431 g/mol. The van der Waals surface area contributed by atoms with Crippen LogP contribution in [0, 0.1) is 5.92 Å². The first-order valence-corrected chi connectivity index (χ1v) is 10.5. The molecule has 2 amide bonds. The number of anilines is 2. The van der Waals surface area contributed by atoms with Crippen molar-refractivity contribution in [3.05, 3.63) is 66.5 Å². The zero-order valence-corrected chi connectivity index (χ0v) is 17.8. The van der Waals surface area contributed by atoms with Crippen molar-refractivity contribution in [2.45, 2.75) is 12.8 Å². The number of carbonyl (C=O) groups excluding carboxylic acids is 2. The Kier molecular flexibility index (Phi) is 6.72. The molecule has 0 saturated carbocycles. The fourth-order valence-electron chi connectivity index (χ4n) is 3.52. The van der Waals surface area contributed by atoms with Crippen molar-refractivity contribution in [2.24, 2.45) is 5.92 Å². The van der Waals surface area contributed by atoms with Gasteiger partial charge >= 0.3 is 0 Å². The van der Waals surface area contributed by atoms with Gasteiger partial charge in [-0.3, -0.25) is 14.9 Å². The molecule has 0 bridgehead atoms. The number of nitrogens with one attached hydrogen (secondary N) is 3. The number of methoxy groups -OCH3 is 1. The van der Waals surface area contributed by atoms with E-state index in [0.717, 1.165) is 42.0 Å². The van der Waals surface area contributed by atoms with Crippen molar-refractivity contribution < 1.29 is 14.3 Å². The van der Waals surface area contributed by atoms with Gasteiger partial charge in [0.2, 0.25) is 11.9 Å². The summed E-state index contributed by atoms with van der Waals surface area (Å²) in [5.41, 5.74) is 3.04. The maximum absolute atomic E-state index is 12.4. The van der Waals surface area contributed by atoms with Crippen LogP contribution in [0.5, 0.6) is 5.75 Å². The maximum atomic E-state index is 12.4. The van der Waals surface area contributed by atoms with E-state index in [2.05, 4.69) is 25.9 Å². The average Bonchev–Trinajstić information content (AvgIpc) is 2.85. The maximum Gasteiger partial charge on any atom is 0.257 e. The fourth-order valence-corrected chi connectivity index (χ4v) is 3.52. The number of benzene rings is 2. The van der Waals surface area contributed by atoms with Crippen molar-refractivity contribution in [1.29, 1.82) is 0 Å². The number of ether oxygens (including phenoxy) is 1. The second kappa shape index (κ2) is 10.0. The van der Waals surface area contributed by atoms with Crippen molar-refractivity contribution in [1.82, 2.24) is 20.6 Å². The molecule has 2 aromatic carbocycles. The van der Waals surface area contributed by atoms with E-state index in [0.29, 0.717) is 18.1 Å². The fraction of sp³-hybridized carbons (Fsp3) is 0.250. The molecule has 4 rings (SSSR count). The largest absolute Gasteiger partial charge is 0.497 e. The van der Waals surface area contributed by atoms with Gasteiger partial charge in [0.15, 0.2) is 0 Å². The molecule has 8 heteroatoms. The Bertz CT molecular complexity index is 1060. The Hall–Kier alpha value is -3.78. The lowest BCUT2D eigenvalue weighted by Gasteiger charge is -2.21. The molecule has 1 saturated heterocycles. The SMILES string of the molecule is COc1ccc(-c2cnc(Nc3ccc(C(=O)NC(=O)C4CCCNC4)cc3)nc2)cc1. The van der Waals surface area contributed by atoms with Crippen LogP contribution in [0.3, 0.4) is 0 Å². The van der Waals surface area contributed by atoms with E-state index < -0.39 is 5.91 Å². The lowest BCUT2D eigenvalue weighted by atomic mass is 9.99. The predicted molar refractivity (Wildman–Crippen MR) is 122 cm³/mol. The first-order chi connectivity index (χ1) is 15.6. The minimum Gasteiger partial charge on any atom is -0.497 e. The number of hydrogen-bond donors (Lipinski definition) is 3. The summed E-state index contributed by atoms with van der Waals surface area (Å²) in [4.78, 5) is 33.3. The van der Waals surface area contributed by atoms with Gasteiger partial charge in [-0.25, -0.2) is 9.97 Å². The highest BCUT2D eigenvalue weighted by Gasteiger charge is 2.22. The third-order valence-electron chi connectivity index (χ3n) is 5.38. The quantitative estimate of drug-likeness (QED) is 0.515. The van der Waals surface area contributed by atoms with Gasteiger partial charge in [-0.05, 0) is 61.3 Å². The van der Waals surface area contributed by atoms with Gasteiger partial charge in [-0.15, -0.1) is 0 Å². The highest BCUT2D eigenvalue weighted by Crippen LogP contribution is 2.22. The molecule has 3 aromatic rings. The molecule has 164 valence electrons. The highest BCUT2D eigenvalue weighted by molar-refractivity contribution is 6.05. The number of imide groups is 1. The van der Waals surface area contributed by atoms with E-state index in [9.17, 15) is 9.59 Å². The summed E-state index contributed by atoms with van der Waals surface area (Å²) in [5.74, 6) is 0.452. The van der Waals surface area contributed by atoms with Crippen molar-refractivity contribution in [3.8, 4) is 16.9 Å². The Balaban J connectivity index is 1.34. The summed E-state index contributed by atoms with van der Waals surface area (Å²) >= 11 is 0. The number of piperidine rings is 1. The lowest BCUT2D eigenvalue weighted by Crippen LogP contribution is -2.42. The zero-order chi connectivity index (χ0) is 22.3. The molecule has 1 aliphatic heterocycles.